The standard InChI is InChI=1S/C16H21.C13H9.C6H10.2ClH.Zr/c1-11-2-3-15(4-11)16-8-12-5-13(9-16)7-14(6-12)10-16;1-3-7-12-10(5-1)9-11-6-2-4-8-13(11)12;1-2-4-6-5-3-1;;;/h2-4,12-14H,5-10H2,1H3;1-5,7-8H,9H2;1-5H2;2*1H;/q2*-1;;;;+2/p-2. The Morgan fingerprint density at radius 1 is 0.842 bits per heavy atom. The number of hydrogen-bond acceptors (Lipinski definition) is 0. The van der Waals surface area contributed by atoms with Gasteiger partial charge in [0.25, 0.3) is 0 Å². The van der Waals surface area contributed by atoms with Gasteiger partial charge in [-0.3, -0.25) is 0 Å². The minimum atomic E-state index is 0. The SMILES string of the molecule is Cc1cc(C23CC4CC(CC(C4)C2)C3)c[cH-]1.[Cl-].[Cl-].[Zr+2]=[C]1CCCCC1.[c-]1cccc2c1Cc1ccccc1-2. The van der Waals surface area contributed by atoms with Gasteiger partial charge in [0.1, 0.15) is 0 Å². The zero-order valence-corrected chi connectivity index (χ0v) is 26.7. The predicted molar refractivity (Wildman–Crippen MR) is 148 cm³/mol. The van der Waals surface area contributed by atoms with Gasteiger partial charge in [-0.15, -0.1) is 5.56 Å². The number of halogens is 2. The second kappa shape index (κ2) is 13.2. The maximum atomic E-state index is 3.30. The van der Waals surface area contributed by atoms with Gasteiger partial charge in [-0.25, -0.2) is 6.07 Å². The monoisotopic (exact) mass is 620 g/mol. The van der Waals surface area contributed by atoms with Gasteiger partial charge in [0.2, 0.25) is 0 Å². The first kappa shape index (κ1) is 30.1. The summed E-state index contributed by atoms with van der Waals surface area (Å²) >= 11 is 1.69. The quantitative estimate of drug-likeness (QED) is 0.287. The molecule has 0 saturated heterocycles. The van der Waals surface area contributed by atoms with Crippen LogP contribution in [0.15, 0.2) is 60.7 Å². The van der Waals surface area contributed by atoms with Crippen molar-refractivity contribution in [2.75, 3.05) is 0 Å². The average molecular weight is 623 g/mol. The maximum absolute atomic E-state index is 3.30. The van der Waals surface area contributed by atoms with Gasteiger partial charge in [0.05, 0.1) is 0 Å². The molecule has 5 saturated carbocycles. The Morgan fingerprint density at radius 3 is 2.05 bits per heavy atom. The largest absolute Gasteiger partial charge is 0.179 e. The average Bonchev–Trinajstić information content (AvgIpc) is 3.49. The van der Waals surface area contributed by atoms with E-state index in [2.05, 4.69) is 67.6 Å². The molecule has 0 atom stereocenters. The summed E-state index contributed by atoms with van der Waals surface area (Å²) in [5.74, 6) is 3.21. The molecule has 0 amide bonds. The van der Waals surface area contributed by atoms with Crippen molar-refractivity contribution in [2.24, 2.45) is 17.8 Å². The summed E-state index contributed by atoms with van der Waals surface area (Å²) in [6, 6.07) is 25.3. The topological polar surface area (TPSA) is 0 Å². The molecule has 0 heterocycles. The molecular weight excluding hydrogens is 583 g/mol. The number of rotatable bonds is 1. The summed E-state index contributed by atoms with van der Waals surface area (Å²) in [7, 11) is 0. The van der Waals surface area contributed by atoms with Crippen LogP contribution < -0.4 is 24.8 Å². The molecule has 3 aromatic rings. The van der Waals surface area contributed by atoms with E-state index in [0.29, 0.717) is 5.41 Å². The van der Waals surface area contributed by atoms with Crippen molar-refractivity contribution in [2.45, 2.75) is 89.4 Å². The van der Waals surface area contributed by atoms with Crippen molar-refractivity contribution in [3.05, 3.63) is 89.0 Å². The van der Waals surface area contributed by atoms with Gasteiger partial charge in [-0.05, 0) is 43.4 Å². The van der Waals surface area contributed by atoms with Crippen molar-refractivity contribution >= 4 is 3.21 Å². The number of hydrogen-bond donors (Lipinski definition) is 0. The van der Waals surface area contributed by atoms with Crippen LogP contribution in [0.3, 0.4) is 0 Å². The summed E-state index contributed by atoms with van der Waals surface area (Å²) < 4.78 is 1.80. The molecule has 0 spiro atoms. The van der Waals surface area contributed by atoms with Crippen LogP contribution in [0.4, 0.5) is 0 Å². The smallest absolute Gasteiger partial charge is 0.0253 e. The van der Waals surface area contributed by atoms with Crippen LogP contribution in [0.25, 0.3) is 11.1 Å². The van der Waals surface area contributed by atoms with Crippen molar-refractivity contribution < 1.29 is 49.0 Å². The minimum Gasteiger partial charge on any atom is -0.179 e. The molecule has 0 nitrogen and oxygen atoms in total. The van der Waals surface area contributed by atoms with Crippen molar-refractivity contribution in [1.29, 1.82) is 0 Å². The Labute approximate surface area is 257 Å². The molecule has 6 aliphatic carbocycles. The molecule has 0 aromatic heterocycles. The van der Waals surface area contributed by atoms with E-state index in [-0.39, 0.29) is 24.8 Å². The summed E-state index contributed by atoms with van der Waals surface area (Å²) in [5.41, 5.74) is 9.27. The molecule has 38 heavy (non-hydrogen) atoms. The van der Waals surface area contributed by atoms with Crippen molar-refractivity contribution in [1.82, 2.24) is 0 Å². The predicted octanol–water partition coefficient (Wildman–Crippen LogP) is 2.92. The molecule has 3 aromatic carbocycles. The first-order chi connectivity index (χ1) is 17.6. The van der Waals surface area contributed by atoms with Crippen LogP contribution in [-0.2, 0) is 36.1 Å². The van der Waals surface area contributed by atoms with Crippen LogP contribution in [0.1, 0.15) is 92.9 Å². The molecule has 9 rings (SSSR count). The van der Waals surface area contributed by atoms with Gasteiger partial charge in [0, 0.05) is 0 Å². The Kier molecular flexibility index (Phi) is 10.4. The molecule has 0 radical (unpaired) electrons. The van der Waals surface area contributed by atoms with E-state index >= 15 is 0 Å². The number of fused-ring (bicyclic) bond motifs is 3. The summed E-state index contributed by atoms with van der Waals surface area (Å²) in [5, 5.41) is 0. The molecule has 6 aliphatic rings. The van der Waals surface area contributed by atoms with Crippen molar-refractivity contribution in [3.63, 3.8) is 0 Å². The minimum absolute atomic E-state index is 0. The Balaban J connectivity index is 0.000000139. The van der Waals surface area contributed by atoms with Crippen LogP contribution in [0.2, 0.25) is 0 Å². The molecule has 5 fully saturated rings. The third kappa shape index (κ3) is 6.53. The Bertz CT molecular complexity index is 1140. The fourth-order valence-corrected chi connectivity index (χ4v) is 9.20. The maximum Gasteiger partial charge on any atom is -0.0253 e. The zero-order chi connectivity index (χ0) is 24.5. The molecule has 0 aliphatic heterocycles. The van der Waals surface area contributed by atoms with E-state index in [0.717, 1.165) is 24.2 Å². The summed E-state index contributed by atoms with van der Waals surface area (Å²) in [6.45, 7) is 2.24. The van der Waals surface area contributed by atoms with Gasteiger partial charge in [-0.1, -0.05) is 67.0 Å². The van der Waals surface area contributed by atoms with E-state index in [1.54, 1.807) is 52.3 Å². The Hall–Kier alpha value is -0.877. The van der Waals surface area contributed by atoms with Crippen LogP contribution in [0.5, 0.6) is 0 Å². The van der Waals surface area contributed by atoms with Crippen LogP contribution >= 0.6 is 0 Å². The van der Waals surface area contributed by atoms with E-state index in [9.17, 15) is 0 Å². The third-order valence-corrected chi connectivity index (χ3v) is 10.9. The molecule has 3 heteroatoms. The molecule has 0 N–H and O–H groups in total. The number of benzene rings is 2. The fourth-order valence-electron chi connectivity index (χ4n) is 8.33. The third-order valence-electron chi connectivity index (χ3n) is 9.63. The van der Waals surface area contributed by atoms with Crippen LogP contribution in [-0.4, -0.2) is 3.21 Å². The first-order valence-corrected chi connectivity index (χ1v) is 15.7. The van der Waals surface area contributed by atoms with E-state index in [4.69, 9.17) is 0 Å². The summed E-state index contributed by atoms with van der Waals surface area (Å²) in [6.07, 6.45) is 17.5. The van der Waals surface area contributed by atoms with Crippen molar-refractivity contribution in [3.8, 4) is 11.1 Å². The zero-order valence-electron chi connectivity index (χ0n) is 22.7. The second-order valence-corrected chi connectivity index (χ2v) is 14.2. The molecule has 4 bridgehead atoms. The first-order valence-electron chi connectivity index (χ1n) is 14.5. The Morgan fingerprint density at radius 2 is 1.47 bits per heavy atom. The molecular formula is C35H40Cl2Zr-2. The van der Waals surface area contributed by atoms with E-state index < -0.39 is 0 Å². The normalized spacial score (nSPS) is 27.4. The molecule has 200 valence electrons. The van der Waals surface area contributed by atoms with Gasteiger partial charge in [0.15, 0.2) is 0 Å². The van der Waals surface area contributed by atoms with Crippen LogP contribution in [0, 0.1) is 30.7 Å². The molecule has 0 unspecified atom stereocenters. The van der Waals surface area contributed by atoms with Gasteiger partial charge >= 0.3 is 59.5 Å². The fraction of sp³-hybridized carbons (Fsp3) is 0.486. The van der Waals surface area contributed by atoms with E-state index in [1.165, 1.54) is 79.2 Å². The van der Waals surface area contributed by atoms with Gasteiger partial charge < -0.3 is 24.8 Å². The summed E-state index contributed by atoms with van der Waals surface area (Å²) in [4.78, 5) is 0. The van der Waals surface area contributed by atoms with E-state index in [1.807, 2.05) is 6.07 Å². The van der Waals surface area contributed by atoms with Gasteiger partial charge in [-0.2, -0.15) is 53.1 Å². The number of aryl methyl sites for hydroxylation is 1. The second-order valence-electron chi connectivity index (χ2n) is 12.4.